The summed E-state index contributed by atoms with van der Waals surface area (Å²) < 4.78 is 17.5. The number of nitrogens with one attached hydrogen (secondary N) is 1. The van der Waals surface area contributed by atoms with E-state index in [1.165, 1.54) is 25.6 Å². The van der Waals surface area contributed by atoms with E-state index in [9.17, 15) is 4.79 Å². The van der Waals surface area contributed by atoms with Crippen molar-refractivity contribution in [3.05, 3.63) is 59.3 Å². The standard InChI is InChI=1S/C20H18N4O4S/c1-12-7-18(22-19(25)13-8-14(26-2)10-15(9-13)27-3)24(23-12)20-21-16(11-29-20)17-5-4-6-28-17/h4-11H,1-3H3,(H,22,25). The summed E-state index contributed by atoms with van der Waals surface area (Å²) in [6, 6.07) is 10.4. The number of methoxy groups -OCH3 is 2. The van der Waals surface area contributed by atoms with E-state index in [0.29, 0.717) is 39.5 Å². The highest BCUT2D eigenvalue weighted by Gasteiger charge is 2.17. The molecule has 0 spiro atoms. The monoisotopic (exact) mass is 410 g/mol. The maximum Gasteiger partial charge on any atom is 0.257 e. The molecule has 0 bridgehead atoms. The van der Waals surface area contributed by atoms with Crippen molar-refractivity contribution < 1.29 is 18.7 Å². The molecule has 29 heavy (non-hydrogen) atoms. The second-order valence-electron chi connectivity index (χ2n) is 6.13. The minimum atomic E-state index is -0.314. The molecule has 3 aromatic heterocycles. The molecule has 1 N–H and O–H groups in total. The molecule has 9 heteroatoms. The van der Waals surface area contributed by atoms with Crippen LogP contribution in [0, 0.1) is 6.92 Å². The number of carbonyl (C=O) groups is 1. The molecule has 148 valence electrons. The summed E-state index contributed by atoms with van der Waals surface area (Å²) in [6.45, 7) is 1.85. The van der Waals surface area contributed by atoms with Crippen molar-refractivity contribution in [1.29, 1.82) is 0 Å². The lowest BCUT2D eigenvalue weighted by molar-refractivity contribution is 0.102. The molecule has 4 rings (SSSR count). The van der Waals surface area contributed by atoms with Gasteiger partial charge in [-0.2, -0.15) is 9.78 Å². The van der Waals surface area contributed by atoms with Crippen LogP contribution < -0.4 is 14.8 Å². The fourth-order valence-corrected chi connectivity index (χ4v) is 3.54. The second kappa shape index (κ2) is 7.80. The van der Waals surface area contributed by atoms with Crippen molar-refractivity contribution in [3.8, 4) is 28.1 Å². The highest BCUT2D eigenvalue weighted by molar-refractivity contribution is 7.12. The molecule has 0 saturated heterocycles. The molecule has 8 nitrogen and oxygen atoms in total. The summed E-state index contributed by atoms with van der Waals surface area (Å²) in [7, 11) is 3.07. The maximum atomic E-state index is 12.8. The lowest BCUT2D eigenvalue weighted by Crippen LogP contribution is -2.15. The number of thiazole rings is 1. The first-order valence-corrected chi connectivity index (χ1v) is 9.56. The van der Waals surface area contributed by atoms with E-state index in [4.69, 9.17) is 13.9 Å². The van der Waals surface area contributed by atoms with Gasteiger partial charge in [0.15, 0.2) is 5.76 Å². The molecule has 1 aromatic carbocycles. The van der Waals surface area contributed by atoms with Crippen LogP contribution in [0.15, 0.2) is 52.5 Å². The van der Waals surface area contributed by atoms with Crippen LogP contribution in [0.25, 0.3) is 16.6 Å². The minimum absolute atomic E-state index is 0.314. The van der Waals surface area contributed by atoms with Gasteiger partial charge in [0.05, 0.1) is 26.2 Å². The minimum Gasteiger partial charge on any atom is -0.497 e. The number of hydrogen-bond acceptors (Lipinski definition) is 7. The fraction of sp³-hybridized carbons (Fsp3) is 0.150. The number of rotatable bonds is 6. The SMILES string of the molecule is COc1cc(OC)cc(C(=O)Nc2cc(C)nn2-c2nc(-c3ccco3)cs2)c1. The Hall–Kier alpha value is -3.59. The van der Waals surface area contributed by atoms with Gasteiger partial charge < -0.3 is 19.2 Å². The van der Waals surface area contributed by atoms with Crippen LogP contribution >= 0.6 is 11.3 Å². The quantitative estimate of drug-likeness (QED) is 0.513. The molecule has 0 atom stereocenters. The van der Waals surface area contributed by atoms with E-state index < -0.39 is 0 Å². The Morgan fingerprint density at radius 2 is 1.93 bits per heavy atom. The van der Waals surface area contributed by atoms with Crippen LogP contribution in [0.2, 0.25) is 0 Å². The van der Waals surface area contributed by atoms with Gasteiger partial charge in [-0.3, -0.25) is 4.79 Å². The van der Waals surface area contributed by atoms with Gasteiger partial charge in [0.1, 0.15) is 23.0 Å². The third-order valence-corrected chi connectivity index (χ3v) is 4.95. The third-order valence-electron chi connectivity index (χ3n) is 4.13. The average molecular weight is 410 g/mol. The molecule has 1 amide bonds. The van der Waals surface area contributed by atoms with Crippen LogP contribution in [0.5, 0.6) is 11.5 Å². The Balaban J connectivity index is 1.63. The lowest BCUT2D eigenvalue weighted by atomic mass is 10.2. The van der Waals surface area contributed by atoms with Gasteiger partial charge in [0, 0.05) is 23.1 Å². The zero-order chi connectivity index (χ0) is 20.4. The molecule has 0 radical (unpaired) electrons. The number of furan rings is 1. The van der Waals surface area contributed by atoms with Crippen molar-refractivity contribution in [2.75, 3.05) is 19.5 Å². The number of amides is 1. The molecule has 3 heterocycles. The number of aryl methyl sites for hydroxylation is 1. The van der Waals surface area contributed by atoms with Crippen LogP contribution in [-0.2, 0) is 0 Å². The zero-order valence-electron chi connectivity index (χ0n) is 16.0. The summed E-state index contributed by atoms with van der Waals surface area (Å²) >= 11 is 1.40. The maximum absolute atomic E-state index is 12.8. The molecule has 0 aliphatic rings. The highest BCUT2D eigenvalue weighted by atomic mass is 32.1. The first kappa shape index (κ1) is 18.8. The second-order valence-corrected chi connectivity index (χ2v) is 6.97. The van der Waals surface area contributed by atoms with Crippen molar-refractivity contribution >= 4 is 23.1 Å². The Labute approximate surface area is 170 Å². The lowest BCUT2D eigenvalue weighted by Gasteiger charge is -2.09. The van der Waals surface area contributed by atoms with E-state index in [1.54, 1.807) is 41.3 Å². The molecule has 0 saturated carbocycles. The predicted octanol–water partition coefficient (Wildman–Crippen LogP) is 4.17. The van der Waals surface area contributed by atoms with Gasteiger partial charge in [0.25, 0.3) is 5.91 Å². The van der Waals surface area contributed by atoms with Crippen LogP contribution in [0.3, 0.4) is 0 Å². The van der Waals surface area contributed by atoms with Gasteiger partial charge in [-0.1, -0.05) is 0 Å². The summed E-state index contributed by atoms with van der Waals surface area (Å²) in [5.74, 6) is 1.93. The zero-order valence-corrected chi connectivity index (χ0v) is 16.8. The van der Waals surface area contributed by atoms with E-state index >= 15 is 0 Å². The molecule has 0 fully saturated rings. The first-order chi connectivity index (χ1) is 14.1. The Morgan fingerprint density at radius 3 is 2.59 bits per heavy atom. The summed E-state index contributed by atoms with van der Waals surface area (Å²) in [5, 5.41) is 9.84. The Bertz CT molecular complexity index is 1130. The number of nitrogens with zero attached hydrogens (tertiary/aromatic N) is 3. The van der Waals surface area contributed by atoms with Gasteiger partial charge in [-0.25, -0.2) is 4.98 Å². The number of aromatic nitrogens is 3. The number of benzene rings is 1. The summed E-state index contributed by atoms with van der Waals surface area (Å²) in [6.07, 6.45) is 1.60. The van der Waals surface area contributed by atoms with Crippen molar-refractivity contribution in [1.82, 2.24) is 14.8 Å². The summed E-state index contributed by atoms with van der Waals surface area (Å²) in [4.78, 5) is 17.4. The smallest absolute Gasteiger partial charge is 0.257 e. The number of carbonyl (C=O) groups excluding carboxylic acids is 1. The largest absolute Gasteiger partial charge is 0.497 e. The van der Waals surface area contributed by atoms with Gasteiger partial charge in [0.2, 0.25) is 5.13 Å². The predicted molar refractivity (Wildman–Crippen MR) is 109 cm³/mol. The molecule has 0 aliphatic carbocycles. The van der Waals surface area contributed by atoms with Crippen molar-refractivity contribution in [2.45, 2.75) is 6.92 Å². The van der Waals surface area contributed by atoms with Gasteiger partial charge in [-0.05, 0) is 31.2 Å². The fourth-order valence-electron chi connectivity index (χ4n) is 2.76. The number of hydrogen-bond donors (Lipinski definition) is 1. The van der Waals surface area contributed by atoms with Gasteiger partial charge in [-0.15, -0.1) is 11.3 Å². The van der Waals surface area contributed by atoms with E-state index in [1.807, 2.05) is 18.4 Å². The first-order valence-electron chi connectivity index (χ1n) is 8.68. The van der Waals surface area contributed by atoms with Crippen LogP contribution in [0.1, 0.15) is 16.1 Å². The average Bonchev–Trinajstić information content (AvgIpc) is 3.48. The van der Waals surface area contributed by atoms with Crippen molar-refractivity contribution in [3.63, 3.8) is 0 Å². The molecular weight excluding hydrogens is 392 g/mol. The molecular formula is C20H18N4O4S. The number of anilines is 1. The van der Waals surface area contributed by atoms with Crippen LogP contribution in [-0.4, -0.2) is 34.9 Å². The van der Waals surface area contributed by atoms with Crippen molar-refractivity contribution in [2.24, 2.45) is 0 Å². The Morgan fingerprint density at radius 1 is 1.17 bits per heavy atom. The normalized spacial score (nSPS) is 10.7. The third kappa shape index (κ3) is 3.85. The highest BCUT2D eigenvalue weighted by Crippen LogP contribution is 2.27. The Kier molecular flexibility index (Phi) is 5.05. The van der Waals surface area contributed by atoms with Crippen LogP contribution in [0.4, 0.5) is 5.82 Å². The van der Waals surface area contributed by atoms with Gasteiger partial charge >= 0.3 is 0 Å². The number of ether oxygens (including phenoxy) is 2. The van der Waals surface area contributed by atoms with E-state index in [0.717, 1.165) is 5.69 Å². The molecule has 0 unspecified atom stereocenters. The molecule has 4 aromatic rings. The summed E-state index contributed by atoms with van der Waals surface area (Å²) in [5.41, 5.74) is 1.86. The van der Waals surface area contributed by atoms with E-state index in [2.05, 4.69) is 15.4 Å². The topological polar surface area (TPSA) is 91.4 Å². The van der Waals surface area contributed by atoms with E-state index in [-0.39, 0.29) is 5.91 Å². The molecule has 0 aliphatic heterocycles.